The second kappa shape index (κ2) is 10.3. The van der Waals surface area contributed by atoms with Gasteiger partial charge in [-0.1, -0.05) is 19.8 Å². The van der Waals surface area contributed by atoms with Crippen molar-refractivity contribution in [2.75, 3.05) is 13.3 Å². The molecule has 1 N–H and O–H groups in total. The average molecular weight is 274 g/mol. The van der Waals surface area contributed by atoms with E-state index in [0.29, 0.717) is 6.42 Å². The van der Waals surface area contributed by atoms with Gasteiger partial charge in [0.15, 0.2) is 0 Å². The van der Waals surface area contributed by atoms with Crippen LogP contribution in [0.3, 0.4) is 0 Å². The molecule has 7 heteroatoms. The summed E-state index contributed by atoms with van der Waals surface area (Å²) in [5.74, 6) is -0.540. The summed E-state index contributed by atoms with van der Waals surface area (Å²) in [5.41, 5.74) is -0.728. The van der Waals surface area contributed by atoms with E-state index in [-0.39, 0.29) is 48.6 Å². The van der Waals surface area contributed by atoms with Crippen LogP contribution in [-0.4, -0.2) is 59.2 Å². The summed E-state index contributed by atoms with van der Waals surface area (Å²) in [6.07, 6.45) is 1.99. The van der Waals surface area contributed by atoms with Gasteiger partial charge in [0.05, 0.1) is 13.5 Å². The standard InChI is InChI=1S/C10H19O5P.Na.H/c1-3-4-5-8-16(13,14)10(12)7-6-9(11)15-2;;/h3-8H2,1-2H3,(H,13,14);;. The van der Waals surface area contributed by atoms with E-state index in [0.717, 1.165) is 12.8 Å². The van der Waals surface area contributed by atoms with Crippen molar-refractivity contribution in [1.82, 2.24) is 0 Å². The van der Waals surface area contributed by atoms with Gasteiger partial charge >= 0.3 is 35.5 Å². The molecule has 0 aliphatic carbocycles. The summed E-state index contributed by atoms with van der Waals surface area (Å²) in [5, 5.41) is 0. The topological polar surface area (TPSA) is 80.7 Å². The number of rotatable bonds is 8. The Bertz CT molecular complexity index is 292. The first kappa shape index (κ1) is 19.7. The SMILES string of the molecule is CCCCCP(=O)(O)C(=O)CCC(=O)OC.[NaH]. The Kier molecular flexibility index (Phi) is 11.9. The van der Waals surface area contributed by atoms with E-state index in [1.807, 2.05) is 6.92 Å². The van der Waals surface area contributed by atoms with Crippen LogP contribution >= 0.6 is 7.37 Å². The molecule has 17 heavy (non-hydrogen) atoms. The fourth-order valence-electron chi connectivity index (χ4n) is 1.19. The third-order valence-corrected chi connectivity index (χ3v) is 4.15. The molecule has 0 aromatic heterocycles. The number of esters is 1. The van der Waals surface area contributed by atoms with Gasteiger partial charge in [0.25, 0.3) is 7.37 Å². The first-order valence-electron chi connectivity index (χ1n) is 5.36. The van der Waals surface area contributed by atoms with Gasteiger partial charge in [-0.15, -0.1) is 0 Å². The first-order valence-corrected chi connectivity index (χ1v) is 7.20. The van der Waals surface area contributed by atoms with Gasteiger partial charge in [0.1, 0.15) is 0 Å². The maximum atomic E-state index is 11.5. The molecule has 0 radical (unpaired) electrons. The van der Waals surface area contributed by atoms with Gasteiger partial charge in [0, 0.05) is 12.6 Å². The molecule has 0 aliphatic heterocycles. The van der Waals surface area contributed by atoms with E-state index in [4.69, 9.17) is 0 Å². The van der Waals surface area contributed by atoms with Gasteiger partial charge in [0.2, 0.25) is 5.52 Å². The number of hydrogen-bond acceptors (Lipinski definition) is 4. The van der Waals surface area contributed by atoms with E-state index in [1.165, 1.54) is 7.11 Å². The van der Waals surface area contributed by atoms with Crippen molar-refractivity contribution in [2.45, 2.75) is 39.0 Å². The minimum atomic E-state index is -3.73. The zero-order valence-corrected chi connectivity index (χ0v) is 10.7. The number of unbranched alkanes of at least 4 members (excludes halogenated alkanes) is 2. The molecule has 0 aromatic rings. The van der Waals surface area contributed by atoms with Crippen LogP contribution in [0.25, 0.3) is 0 Å². The molecular weight excluding hydrogens is 254 g/mol. The molecule has 0 saturated carbocycles. The van der Waals surface area contributed by atoms with Crippen molar-refractivity contribution >= 4 is 48.4 Å². The number of ether oxygens (including phenoxy) is 1. The van der Waals surface area contributed by atoms with E-state index < -0.39 is 18.9 Å². The molecule has 0 spiro atoms. The molecule has 5 nitrogen and oxygen atoms in total. The van der Waals surface area contributed by atoms with Gasteiger partial charge in [-0.2, -0.15) is 0 Å². The van der Waals surface area contributed by atoms with Crippen LogP contribution in [0.4, 0.5) is 0 Å². The zero-order chi connectivity index (χ0) is 12.6. The molecule has 0 aromatic carbocycles. The summed E-state index contributed by atoms with van der Waals surface area (Å²) in [6, 6.07) is 0. The van der Waals surface area contributed by atoms with Gasteiger partial charge in [-0.25, -0.2) is 0 Å². The van der Waals surface area contributed by atoms with Crippen LogP contribution < -0.4 is 0 Å². The van der Waals surface area contributed by atoms with E-state index in [2.05, 4.69) is 4.74 Å². The molecule has 0 bridgehead atoms. The molecule has 1 unspecified atom stereocenters. The number of hydrogen-bond donors (Lipinski definition) is 1. The molecule has 0 rings (SSSR count). The first-order chi connectivity index (χ1) is 7.44. The molecule has 0 fully saturated rings. The minimum absolute atomic E-state index is 0. The van der Waals surface area contributed by atoms with Crippen LogP contribution in [0.15, 0.2) is 0 Å². The quantitative estimate of drug-likeness (QED) is 0.312. The molecular formula is C10H20NaO5P. The fraction of sp³-hybridized carbons (Fsp3) is 0.800. The molecule has 96 valence electrons. The van der Waals surface area contributed by atoms with Crippen LogP contribution in [0.1, 0.15) is 39.0 Å². The second-order valence-corrected chi connectivity index (χ2v) is 5.95. The molecule has 0 amide bonds. The van der Waals surface area contributed by atoms with E-state index in [1.54, 1.807) is 0 Å². The number of methoxy groups -OCH3 is 1. The summed E-state index contributed by atoms with van der Waals surface area (Å²) in [4.78, 5) is 31.6. The molecule has 0 saturated heterocycles. The Morgan fingerprint density at radius 1 is 1.24 bits per heavy atom. The predicted molar refractivity (Wildman–Crippen MR) is 67.6 cm³/mol. The fourth-order valence-corrected chi connectivity index (χ4v) is 2.55. The van der Waals surface area contributed by atoms with E-state index >= 15 is 0 Å². The third-order valence-electron chi connectivity index (χ3n) is 2.23. The van der Waals surface area contributed by atoms with Crippen molar-refractivity contribution in [1.29, 1.82) is 0 Å². The van der Waals surface area contributed by atoms with Crippen molar-refractivity contribution < 1.29 is 23.8 Å². The van der Waals surface area contributed by atoms with Crippen LogP contribution in [0.2, 0.25) is 0 Å². The monoisotopic (exact) mass is 274 g/mol. The van der Waals surface area contributed by atoms with Crippen LogP contribution in [0, 0.1) is 0 Å². The van der Waals surface area contributed by atoms with Crippen LogP contribution in [0.5, 0.6) is 0 Å². The third kappa shape index (κ3) is 8.97. The second-order valence-electron chi connectivity index (χ2n) is 3.60. The van der Waals surface area contributed by atoms with Crippen molar-refractivity contribution in [2.24, 2.45) is 0 Å². The Balaban J connectivity index is 0. The average Bonchev–Trinajstić information content (AvgIpc) is 2.25. The molecule has 0 heterocycles. The Labute approximate surface area is 124 Å². The summed E-state index contributed by atoms with van der Waals surface area (Å²) >= 11 is 0. The van der Waals surface area contributed by atoms with E-state index in [9.17, 15) is 19.0 Å². The predicted octanol–water partition coefficient (Wildman–Crippen LogP) is 1.28. The molecule has 0 aliphatic rings. The number of carbonyl (C=O) groups excluding carboxylic acids is 2. The zero-order valence-electron chi connectivity index (χ0n) is 9.77. The Morgan fingerprint density at radius 3 is 2.29 bits per heavy atom. The Hall–Kier alpha value is 0.330. The maximum absolute atomic E-state index is 11.5. The van der Waals surface area contributed by atoms with Gasteiger partial charge in [-0.05, 0) is 6.42 Å². The van der Waals surface area contributed by atoms with Gasteiger partial charge < -0.3 is 9.63 Å². The number of carbonyl (C=O) groups is 2. The molecule has 1 atom stereocenters. The summed E-state index contributed by atoms with van der Waals surface area (Å²) < 4.78 is 15.9. The van der Waals surface area contributed by atoms with Gasteiger partial charge in [-0.3, -0.25) is 14.2 Å². The summed E-state index contributed by atoms with van der Waals surface area (Å²) in [7, 11) is -2.51. The van der Waals surface area contributed by atoms with Crippen LogP contribution in [-0.2, 0) is 18.9 Å². The summed E-state index contributed by atoms with van der Waals surface area (Å²) in [6.45, 7) is 1.97. The van der Waals surface area contributed by atoms with Crippen molar-refractivity contribution in [3.8, 4) is 0 Å². The van der Waals surface area contributed by atoms with Crippen molar-refractivity contribution in [3.63, 3.8) is 0 Å². The Morgan fingerprint density at radius 2 is 1.82 bits per heavy atom. The van der Waals surface area contributed by atoms with Crippen molar-refractivity contribution in [3.05, 3.63) is 0 Å². The normalized spacial score (nSPS) is 13.4.